The van der Waals surface area contributed by atoms with Gasteiger partial charge in [-0.2, -0.15) is 0 Å². The minimum atomic E-state index is 0.188. The number of nitrogens with one attached hydrogen (secondary N) is 1. The normalized spacial score (nSPS) is 12.2. The highest BCUT2D eigenvalue weighted by atomic mass is 15.0. The van der Waals surface area contributed by atoms with E-state index in [2.05, 4.69) is 60.8 Å². The molecule has 1 aromatic heterocycles. The first-order chi connectivity index (χ1) is 8.49. The SMILES string of the molecule is CCn1cnc2cc(CCNC(C)(C)C)ccc21. The molecule has 1 N–H and O–H groups in total. The molecule has 3 nitrogen and oxygen atoms in total. The van der Waals surface area contributed by atoms with Crippen molar-refractivity contribution in [3.8, 4) is 0 Å². The molecule has 0 fully saturated rings. The summed E-state index contributed by atoms with van der Waals surface area (Å²) in [5, 5.41) is 3.51. The summed E-state index contributed by atoms with van der Waals surface area (Å²) < 4.78 is 2.17. The number of rotatable bonds is 4. The van der Waals surface area contributed by atoms with Crippen LogP contribution in [0.3, 0.4) is 0 Å². The summed E-state index contributed by atoms with van der Waals surface area (Å²) in [7, 11) is 0. The third-order valence-corrected chi connectivity index (χ3v) is 3.10. The monoisotopic (exact) mass is 245 g/mol. The molecule has 0 unspecified atom stereocenters. The van der Waals surface area contributed by atoms with Crippen LogP contribution in [-0.4, -0.2) is 21.6 Å². The Bertz CT molecular complexity index is 520. The molecule has 0 saturated carbocycles. The van der Waals surface area contributed by atoms with Gasteiger partial charge in [0.15, 0.2) is 0 Å². The van der Waals surface area contributed by atoms with E-state index in [-0.39, 0.29) is 5.54 Å². The highest BCUT2D eigenvalue weighted by Gasteiger charge is 2.08. The Balaban J connectivity index is 2.06. The van der Waals surface area contributed by atoms with Crippen LogP contribution < -0.4 is 5.32 Å². The molecule has 0 bridgehead atoms. The van der Waals surface area contributed by atoms with Crippen LogP contribution in [0.4, 0.5) is 0 Å². The van der Waals surface area contributed by atoms with Gasteiger partial charge in [0.05, 0.1) is 17.4 Å². The summed E-state index contributed by atoms with van der Waals surface area (Å²) in [6, 6.07) is 6.59. The Morgan fingerprint density at radius 1 is 1.28 bits per heavy atom. The van der Waals surface area contributed by atoms with Gasteiger partial charge < -0.3 is 9.88 Å². The predicted molar refractivity (Wildman–Crippen MR) is 76.9 cm³/mol. The summed E-state index contributed by atoms with van der Waals surface area (Å²) in [5.41, 5.74) is 3.86. The van der Waals surface area contributed by atoms with E-state index in [9.17, 15) is 0 Å². The van der Waals surface area contributed by atoms with Crippen LogP contribution in [0.5, 0.6) is 0 Å². The van der Waals surface area contributed by atoms with Crippen LogP contribution in [-0.2, 0) is 13.0 Å². The molecule has 0 aliphatic heterocycles. The van der Waals surface area contributed by atoms with E-state index in [0.717, 1.165) is 25.0 Å². The molecule has 98 valence electrons. The minimum absolute atomic E-state index is 0.188. The molecule has 0 radical (unpaired) electrons. The lowest BCUT2D eigenvalue weighted by Gasteiger charge is -2.20. The van der Waals surface area contributed by atoms with Gasteiger partial charge in [-0.25, -0.2) is 4.98 Å². The van der Waals surface area contributed by atoms with Crippen LogP contribution in [0.25, 0.3) is 11.0 Å². The second kappa shape index (κ2) is 5.11. The lowest BCUT2D eigenvalue weighted by molar-refractivity contribution is 0.429. The Morgan fingerprint density at radius 3 is 2.72 bits per heavy atom. The van der Waals surface area contributed by atoms with Gasteiger partial charge in [-0.3, -0.25) is 0 Å². The number of benzene rings is 1. The van der Waals surface area contributed by atoms with Gasteiger partial charge in [0.1, 0.15) is 0 Å². The van der Waals surface area contributed by atoms with Crippen molar-refractivity contribution in [2.45, 2.75) is 46.2 Å². The summed E-state index contributed by atoms with van der Waals surface area (Å²) in [6.45, 7) is 10.7. The Hall–Kier alpha value is -1.35. The van der Waals surface area contributed by atoms with Gasteiger partial charge in [-0.15, -0.1) is 0 Å². The first kappa shape index (κ1) is 13.1. The van der Waals surface area contributed by atoms with Crippen molar-refractivity contribution < 1.29 is 0 Å². The molecule has 3 heteroatoms. The topological polar surface area (TPSA) is 29.9 Å². The Morgan fingerprint density at radius 2 is 2.06 bits per heavy atom. The van der Waals surface area contributed by atoms with Gasteiger partial charge in [-0.1, -0.05) is 6.07 Å². The van der Waals surface area contributed by atoms with Gasteiger partial charge in [0.2, 0.25) is 0 Å². The number of nitrogens with zero attached hydrogens (tertiary/aromatic N) is 2. The van der Waals surface area contributed by atoms with Gasteiger partial charge in [0, 0.05) is 12.1 Å². The van der Waals surface area contributed by atoms with E-state index in [1.165, 1.54) is 11.1 Å². The molecule has 0 saturated heterocycles. The molecule has 0 atom stereocenters. The Labute approximate surface area is 109 Å². The van der Waals surface area contributed by atoms with Crippen LogP contribution in [0.2, 0.25) is 0 Å². The average molecular weight is 245 g/mol. The highest BCUT2D eigenvalue weighted by Crippen LogP contribution is 2.15. The lowest BCUT2D eigenvalue weighted by Crippen LogP contribution is -2.37. The summed E-state index contributed by atoms with van der Waals surface area (Å²) >= 11 is 0. The number of fused-ring (bicyclic) bond motifs is 1. The summed E-state index contributed by atoms with van der Waals surface area (Å²) in [5.74, 6) is 0. The smallest absolute Gasteiger partial charge is 0.0958 e. The van der Waals surface area contributed by atoms with E-state index in [4.69, 9.17) is 0 Å². The van der Waals surface area contributed by atoms with Gasteiger partial charge in [0.25, 0.3) is 0 Å². The van der Waals surface area contributed by atoms with Crippen LogP contribution >= 0.6 is 0 Å². The molecule has 1 heterocycles. The largest absolute Gasteiger partial charge is 0.331 e. The first-order valence-electron chi connectivity index (χ1n) is 6.68. The zero-order valence-corrected chi connectivity index (χ0v) is 11.8. The Kier molecular flexibility index (Phi) is 3.71. The first-order valence-corrected chi connectivity index (χ1v) is 6.68. The second-order valence-corrected chi connectivity index (χ2v) is 5.78. The van der Waals surface area contributed by atoms with E-state index < -0.39 is 0 Å². The van der Waals surface area contributed by atoms with E-state index in [0.29, 0.717) is 0 Å². The van der Waals surface area contributed by atoms with Crippen molar-refractivity contribution >= 4 is 11.0 Å². The standard InChI is InChI=1S/C15H23N3/c1-5-18-11-16-13-10-12(6-7-14(13)18)8-9-17-15(2,3)4/h6-7,10-11,17H,5,8-9H2,1-4H3. The molecule has 0 amide bonds. The minimum Gasteiger partial charge on any atom is -0.331 e. The van der Waals surface area contributed by atoms with Crippen molar-refractivity contribution in [1.82, 2.24) is 14.9 Å². The van der Waals surface area contributed by atoms with Crippen LogP contribution in [0.15, 0.2) is 24.5 Å². The number of hydrogen-bond donors (Lipinski definition) is 1. The van der Waals surface area contributed by atoms with Gasteiger partial charge in [-0.05, 0) is 58.4 Å². The maximum absolute atomic E-state index is 4.45. The zero-order chi connectivity index (χ0) is 13.2. The van der Waals surface area contributed by atoms with E-state index in [1.54, 1.807) is 0 Å². The van der Waals surface area contributed by atoms with Crippen molar-refractivity contribution in [3.05, 3.63) is 30.1 Å². The fraction of sp³-hybridized carbons (Fsp3) is 0.533. The predicted octanol–water partition coefficient (Wildman–Crippen LogP) is 2.99. The third-order valence-electron chi connectivity index (χ3n) is 3.10. The maximum Gasteiger partial charge on any atom is 0.0958 e. The highest BCUT2D eigenvalue weighted by molar-refractivity contribution is 5.76. The summed E-state index contributed by atoms with van der Waals surface area (Å²) in [4.78, 5) is 4.45. The van der Waals surface area contributed by atoms with E-state index >= 15 is 0 Å². The molecule has 0 aliphatic rings. The van der Waals surface area contributed by atoms with Crippen LogP contribution in [0, 0.1) is 0 Å². The third kappa shape index (κ3) is 3.10. The molecule has 1 aromatic carbocycles. The van der Waals surface area contributed by atoms with Crippen molar-refractivity contribution in [2.75, 3.05) is 6.54 Å². The number of aryl methyl sites for hydroxylation is 1. The second-order valence-electron chi connectivity index (χ2n) is 5.78. The fourth-order valence-electron chi connectivity index (χ4n) is 2.10. The molecular formula is C15H23N3. The van der Waals surface area contributed by atoms with Crippen molar-refractivity contribution in [3.63, 3.8) is 0 Å². The van der Waals surface area contributed by atoms with Crippen LogP contribution in [0.1, 0.15) is 33.3 Å². The summed E-state index contributed by atoms with van der Waals surface area (Å²) in [6.07, 6.45) is 2.97. The van der Waals surface area contributed by atoms with Crippen molar-refractivity contribution in [1.29, 1.82) is 0 Å². The fourth-order valence-corrected chi connectivity index (χ4v) is 2.10. The molecule has 0 spiro atoms. The number of imidazole rings is 1. The molecule has 18 heavy (non-hydrogen) atoms. The van der Waals surface area contributed by atoms with Gasteiger partial charge >= 0.3 is 0 Å². The average Bonchev–Trinajstić information content (AvgIpc) is 2.69. The quantitative estimate of drug-likeness (QED) is 0.897. The molecule has 2 rings (SSSR count). The number of aromatic nitrogens is 2. The van der Waals surface area contributed by atoms with Crippen molar-refractivity contribution in [2.24, 2.45) is 0 Å². The molecule has 2 aromatic rings. The van der Waals surface area contributed by atoms with E-state index in [1.807, 2.05) is 6.33 Å². The maximum atomic E-state index is 4.45. The lowest BCUT2D eigenvalue weighted by atomic mass is 10.1. The molecule has 0 aliphatic carbocycles. The zero-order valence-electron chi connectivity index (χ0n) is 11.8. The molecular weight excluding hydrogens is 222 g/mol. The number of hydrogen-bond acceptors (Lipinski definition) is 2.